The van der Waals surface area contributed by atoms with Crippen molar-refractivity contribution in [2.24, 2.45) is 0 Å². The van der Waals surface area contributed by atoms with E-state index in [-0.39, 0.29) is 11.7 Å². The SMILES string of the molecule is CC(C)NCc1noc(C(Cc2ccccc2)c2cccc(F)c2)n1. The van der Waals surface area contributed by atoms with Crippen molar-refractivity contribution in [2.45, 2.75) is 38.8 Å². The van der Waals surface area contributed by atoms with Gasteiger partial charge in [-0.2, -0.15) is 4.98 Å². The number of aromatic nitrogens is 2. The number of benzene rings is 2. The molecule has 0 aliphatic heterocycles. The van der Waals surface area contributed by atoms with E-state index in [0.29, 0.717) is 30.7 Å². The molecule has 0 spiro atoms. The summed E-state index contributed by atoms with van der Waals surface area (Å²) in [5.41, 5.74) is 1.97. The van der Waals surface area contributed by atoms with Crippen molar-refractivity contribution >= 4 is 0 Å². The van der Waals surface area contributed by atoms with E-state index in [1.54, 1.807) is 6.07 Å². The third kappa shape index (κ3) is 4.73. The zero-order valence-electron chi connectivity index (χ0n) is 14.4. The summed E-state index contributed by atoms with van der Waals surface area (Å²) in [5.74, 6) is 0.670. The molecule has 1 atom stereocenters. The summed E-state index contributed by atoms with van der Waals surface area (Å²) in [6.07, 6.45) is 0.670. The Labute approximate surface area is 147 Å². The summed E-state index contributed by atoms with van der Waals surface area (Å²) in [6.45, 7) is 4.67. The van der Waals surface area contributed by atoms with Gasteiger partial charge in [-0.25, -0.2) is 4.39 Å². The molecule has 0 aliphatic rings. The molecule has 25 heavy (non-hydrogen) atoms. The summed E-state index contributed by atoms with van der Waals surface area (Å²) in [5, 5.41) is 7.32. The van der Waals surface area contributed by atoms with Crippen LogP contribution in [0, 0.1) is 5.82 Å². The largest absolute Gasteiger partial charge is 0.339 e. The lowest BCUT2D eigenvalue weighted by molar-refractivity contribution is 0.358. The van der Waals surface area contributed by atoms with Gasteiger partial charge in [-0.15, -0.1) is 0 Å². The topological polar surface area (TPSA) is 51.0 Å². The Hall–Kier alpha value is -2.53. The van der Waals surface area contributed by atoms with Crippen LogP contribution in [0.1, 0.15) is 42.6 Å². The van der Waals surface area contributed by atoms with Crippen LogP contribution in [0.3, 0.4) is 0 Å². The third-order valence-corrected chi connectivity index (χ3v) is 3.98. The molecular weight excluding hydrogens is 317 g/mol. The Morgan fingerprint density at radius 3 is 2.60 bits per heavy atom. The van der Waals surface area contributed by atoms with Gasteiger partial charge in [-0.3, -0.25) is 0 Å². The molecule has 2 aromatic carbocycles. The van der Waals surface area contributed by atoms with Crippen molar-refractivity contribution in [2.75, 3.05) is 0 Å². The van der Waals surface area contributed by atoms with Gasteiger partial charge in [0, 0.05) is 6.04 Å². The lowest BCUT2D eigenvalue weighted by Crippen LogP contribution is -2.22. The van der Waals surface area contributed by atoms with E-state index in [0.717, 1.165) is 11.1 Å². The molecule has 1 aromatic heterocycles. The summed E-state index contributed by atoms with van der Waals surface area (Å²) in [4.78, 5) is 4.52. The predicted molar refractivity (Wildman–Crippen MR) is 94.7 cm³/mol. The van der Waals surface area contributed by atoms with Gasteiger partial charge in [0.25, 0.3) is 0 Å². The van der Waals surface area contributed by atoms with E-state index >= 15 is 0 Å². The van der Waals surface area contributed by atoms with Crippen LogP contribution in [0.5, 0.6) is 0 Å². The molecule has 0 saturated carbocycles. The molecule has 0 bridgehead atoms. The summed E-state index contributed by atoms with van der Waals surface area (Å²) >= 11 is 0. The number of nitrogens with one attached hydrogen (secondary N) is 1. The van der Waals surface area contributed by atoms with Crippen molar-refractivity contribution < 1.29 is 8.91 Å². The zero-order chi connectivity index (χ0) is 17.6. The van der Waals surface area contributed by atoms with Gasteiger partial charge in [0.2, 0.25) is 5.89 Å². The maximum atomic E-state index is 13.7. The van der Waals surface area contributed by atoms with Crippen molar-refractivity contribution in [3.05, 3.63) is 83.3 Å². The second-order valence-corrected chi connectivity index (χ2v) is 6.38. The van der Waals surface area contributed by atoms with Gasteiger partial charge in [0.05, 0.1) is 12.5 Å². The molecule has 130 valence electrons. The standard InChI is InChI=1S/C20H22FN3O/c1-14(2)22-13-19-23-20(25-24-19)18(11-15-7-4-3-5-8-15)16-9-6-10-17(21)12-16/h3-10,12,14,18,22H,11,13H2,1-2H3. The van der Waals surface area contributed by atoms with E-state index in [4.69, 9.17) is 4.52 Å². The van der Waals surface area contributed by atoms with Crippen LogP contribution < -0.4 is 5.32 Å². The van der Waals surface area contributed by atoms with Gasteiger partial charge < -0.3 is 9.84 Å². The molecule has 1 unspecified atom stereocenters. The Morgan fingerprint density at radius 2 is 1.88 bits per heavy atom. The van der Waals surface area contributed by atoms with Crippen molar-refractivity contribution in [3.63, 3.8) is 0 Å². The first-order valence-corrected chi connectivity index (χ1v) is 8.47. The van der Waals surface area contributed by atoms with Crippen LogP contribution in [0.4, 0.5) is 4.39 Å². The van der Waals surface area contributed by atoms with Gasteiger partial charge in [0.1, 0.15) is 5.82 Å². The van der Waals surface area contributed by atoms with Gasteiger partial charge in [-0.1, -0.05) is 61.5 Å². The fraction of sp³-hybridized carbons (Fsp3) is 0.300. The molecule has 1 heterocycles. The summed E-state index contributed by atoms with van der Waals surface area (Å²) in [6, 6.07) is 17.0. The van der Waals surface area contributed by atoms with Crippen LogP contribution in [0.15, 0.2) is 59.1 Å². The smallest absolute Gasteiger partial charge is 0.234 e. The lowest BCUT2D eigenvalue weighted by atomic mass is 9.92. The molecule has 0 fully saturated rings. The predicted octanol–water partition coefficient (Wildman–Crippen LogP) is 4.08. The van der Waals surface area contributed by atoms with Crippen LogP contribution in [0.2, 0.25) is 0 Å². The molecule has 3 aromatic rings. The normalized spacial score (nSPS) is 12.5. The lowest BCUT2D eigenvalue weighted by Gasteiger charge is -2.13. The van der Waals surface area contributed by atoms with Crippen LogP contribution in [-0.2, 0) is 13.0 Å². The average Bonchev–Trinajstić information content (AvgIpc) is 3.07. The van der Waals surface area contributed by atoms with Gasteiger partial charge in [0.15, 0.2) is 5.82 Å². The van der Waals surface area contributed by atoms with E-state index in [1.807, 2.05) is 36.4 Å². The third-order valence-electron chi connectivity index (χ3n) is 3.98. The van der Waals surface area contributed by atoms with Crippen molar-refractivity contribution in [1.82, 2.24) is 15.5 Å². The maximum absolute atomic E-state index is 13.7. The number of hydrogen-bond acceptors (Lipinski definition) is 4. The fourth-order valence-corrected chi connectivity index (χ4v) is 2.70. The molecule has 4 nitrogen and oxygen atoms in total. The highest BCUT2D eigenvalue weighted by atomic mass is 19.1. The minimum atomic E-state index is -0.267. The number of halogens is 1. The zero-order valence-corrected chi connectivity index (χ0v) is 14.4. The monoisotopic (exact) mass is 339 g/mol. The Bertz CT molecular complexity index is 801. The molecule has 0 radical (unpaired) electrons. The Morgan fingerprint density at radius 1 is 1.08 bits per heavy atom. The highest BCUT2D eigenvalue weighted by Gasteiger charge is 2.22. The first-order chi connectivity index (χ1) is 12.1. The highest BCUT2D eigenvalue weighted by molar-refractivity contribution is 5.29. The average molecular weight is 339 g/mol. The fourth-order valence-electron chi connectivity index (χ4n) is 2.70. The minimum Gasteiger partial charge on any atom is -0.339 e. The second kappa shape index (κ2) is 8.03. The molecule has 3 rings (SSSR count). The molecule has 0 aliphatic carbocycles. The number of nitrogens with zero attached hydrogens (tertiary/aromatic N) is 2. The summed E-state index contributed by atoms with van der Waals surface area (Å²) in [7, 11) is 0. The van der Waals surface area contributed by atoms with E-state index < -0.39 is 0 Å². The van der Waals surface area contributed by atoms with Crippen LogP contribution in [-0.4, -0.2) is 16.2 Å². The van der Waals surface area contributed by atoms with Crippen molar-refractivity contribution in [1.29, 1.82) is 0 Å². The van der Waals surface area contributed by atoms with Gasteiger partial charge in [-0.05, 0) is 29.7 Å². The maximum Gasteiger partial charge on any atom is 0.234 e. The molecule has 5 heteroatoms. The molecule has 0 amide bonds. The highest BCUT2D eigenvalue weighted by Crippen LogP contribution is 2.28. The molecular formula is C20H22FN3O. The molecule has 1 N–H and O–H groups in total. The number of hydrogen-bond donors (Lipinski definition) is 1. The van der Waals surface area contributed by atoms with E-state index in [9.17, 15) is 4.39 Å². The Balaban J connectivity index is 1.88. The van der Waals surface area contributed by atoms with Gasteiger partial charge >= 0.3 is 0 Å². The molecule has 0 saturated heterocycles. The van der Waals surface area contributed by atoms with E-state index in [1.165, 1.54) is 12.1 Å². The first-order valence-electron chi connectivity index (χ1n) is 8.47. The minimum absolute atomic E-state index is 0.182. The second-order valence-electron chi connectivity index (χ2n) is 6.38. The van der Waals surface area contributed by atoms with Crippen molar-refractivity contribution in [3.8, 4) is 0 Å². The van der Waals surface area contributed by atoms with E-state index in [2.05, 4.69) is 29.3 Å². The Kier molecular flexibility index (Phi) is 5.56. The van der Waals surface area contributed by atoms with Crippen LogP contribution in [0.25, 0.3) is 0 Å². The van der Waals surface area contributed by atoms with Crippen LogP contribution >= 0.6 is 0 Å². The quantitative estimate of drug-likeness (QED) is 0.705. The first kappa shape index (κ1) is 17.3. The summed E-state index contributed by atoms with van der Waals surface area (Å²) < 4.78 is 19.2. The number of rotatable bonds is 7.